The number of rotatable bonds is 5. The molecule has 1 aromatic heterocycles. The van der Waals surface area contributed by atoms with Crippen LogP contribution in [-0.4, -0.2) is 33.4 Å². The minimum Gasteiger partial charge on any atom is -0.340 e. The van der Waals surface area contributed by atoms with Gasteiger partial charge in [-0.1, -0.05) is 26.7 Å². The molecule has 24 heavy (non-hydrogen) atoms. The summed E-state index contributed by atoms with van der Waals surface area (Å²) in [4.78, 5) is 34.0. The van der Waals surface area contributed by atoms with E-state index in [0.29, 0.717) is 36.2 Å². The van der Waals surface area contributed by atoms with Crippen LogP contribution in [0.15, 0.2) is 4.79 Å². The monoisotopic (exact) mass is 333 g/mol. The minimum absolute atomic E-state index is 0.109. The molecule has 134 valence electrons. The summed E-state index contributed by atoms with van der Waals surface area (Å²) in [5.74, 6) is 1.40. The van der Waals surface area contributed by atoms with Crippen molar-refractivity contribution in [2.75, 3.05) is 6.54 Å². The second-order valence-corrected chi connectivity index (χ2v) is 7.44. The fraction of sp³-hybridized carbons (Fsp3) is 0.737. The van der Waals surface area contributed by atoms with Crippen molar-refractivity contribution in [3.63, 3.8) is 0 Å². The highest BCUT2D eigenvalue weighted by Crippen LogP contribution is 2.23. The van der Waals surface area contributed by atoms with E-state index in [2.05, 4.69) is 28.7 Å². The first-order valence-electron chi connectivity index (χ1n) is 9.24. The van der Waals surface area contributed by atoms with Crippen molar-refractivity contribution < 1.29 is 4.79 Å². The van der Waals surface area contributed by atoms with Crippen LogP contribution in [0, 0.1) is 19.8 Å². The lowest BCUT2D eigenvalue weighted by molar-refractivity contribution is -0.133. The van der Waals surface area contributed by atoms with E-state index in [9.17, 15) is 9.59 Å². The summed E-state index contributed by atoms with van der Waals surface area (Å²) in [6.45, 7) is 8.91. The van der Waals surface area contributed by atoms with Gasteiger partial charge in [-0.05, 0) is 45.4 Å². The van der Waals surface area contributed by atoms with Crippen molar-refractivity contribution in [3.8, 4) is 0 Å². The van der Waals surface area contributed by atoms with E-state index in [1.807, 2.05) is 6.92 Å². The third-order valence-electron chi connectivity index (χ3n) is 4.87. The van der Waals surface area contributed by atoms with Gasteiger partial charge in [0.05, 0.1) is 0 Å². The maximum atomic E-state index is 12.8. The Kier molecular flexibility index (Phi) is 6.58. The Labute approximate surface area is 144 Å². The van der Waals surface area contributed by atoms with E-state index in [4.69, 9.17) is 0 Å². The summed E-state index contributed by atoms with van der Waals surface area (Å²) in [5.41, 5.74) is 1.27. The number of carbonyl (C=O) groups excluding carboxylic acids is 1. The quantitative estimate of drug-likeness (QED) is 0.900. The number of carbonyl (C=O) groups is 1. The molecular weight excluding hydrogens is 302 g/mol. The maximum Gasteiger partial charge on any atom is 0.254 e. The Bertz CT molecular complexity index is 622. The molecule has 2 rings (SSSR count). The topological polar surface area (TPSA) is 66.1 Å². The molecule has 1 amide bonds. The van der Waals surface area contributed by atoms with Gasteiger partial charge in [0.2, 0.25) is 5.91 Å². The van der Waals surface area contributed by atoms with Crippen LogP contribution < -0.4 is 5.56 Å². The predicted molar refractivity (Wildman–Crippen MR) is 96.1 cm³/mol. The van der Waals surface area contributed by atoms with Crippen molar-refractivity contribution in [3.05, 3.63) is 27.4 Å². The van der Waals surface area contributed by atoms with Gasteiger partial charge >= 0.3 is 0 Å². The second kappa shape index (κ2) is 8.45. The Morgan fingerprint density at radius 1 is 1.29 bits per heavy atom. The van der Waals surface area contributed by atoms with Gasteiger partial charge in [0, 0.05) is 30.3 Å². The van der Waals surface area contributed by atoms with Gasteiger partial charge in [0.15, 0.2) is 0 Å². The molecule has 1 atom stereocenters. The molecule has 0 unspecified atom stereocenters. The summed E-state index contributed by atoms with van der Waals surface area (Å²) in [6.07, 6.45) is 6.54. The number of nitrogens with one attached hydrogen (secondary N) is 1. The molecule has 5 nitrogen and oxygen atoms in total. The fourth-order valence-electron chi connectivity index (χ4n) is 3.72. The Balaban J connectivity index is 2.05. The Morgan fingerprint density at radius 3 is 2.71 bits per heavy atom. The van der Waals surface area contributed by atoms with Gasteiger partial charge in [-0.25, -0.2) is 4.98 Å². The summed E-state index contributed by atoms with van der Waals surface area (Å²) < 4.78 is 0. The molecule has 0 bridgehead atoms. The minimum atomic E-state index is -0.109. The van der Waals surface area contributed by atoms with Crippen LogP contribution in [0.2, 0.25) is 0 Å². The highest BCUT2D eigenvalue weighted by Gasteiger charge is 2.26. The van der Waals surface area contributed by atoms with E-state index in [1.165, 1.54) is 12.8 Å². The zero-order valence-electron chi connectivity index (χ0n) is 15.5. The van der Waals surface area contributed by atoms with Gasteiger partial charge in [-0.2, -0.15) is 0 Å². The highest BCUT2D eigenvalue weighted by atomic mass is 16.2. The van der Waals surface area contributed by atoms with Gasteiger partial charge in [-0.15, -0.1) is 0 Å². The van der Waals surface area contributed by atoms with E-state index < -0.39 is 0 Å². The smallest absolute Gasteiger partial charge is 0.254 e. The predicted octanol–water partition coefficient (Wildman–Crippen LogP) is 3.14. The summed E-state index contributed by atoms with van der Waals surface area (Å²) in [7, 11) is 0. The zero-order valence-corrected chi connectivity index (χ0v) is 15.5. The molecule has 0 radical (unpaired) electrons. The number of aromatic amines is 1. The van der Waals surface area contributed by atoms with Crippen LogP contribution >= 0.6 is 0 Å². The van der Waals surface area contributed by atoms with Crippen molar-refractivity contribution in [2.24, 2.45) is 5.92 Å². The van der Waals surface area contributed by atoms with Crippen molar-refractivity contribution in [2.45, 2.75) is 78.7 Å². The average molecular weight is 333 g/mol. The van der Waals surface area contributed by atoms with E-state index in [-0.39, 0.29) is 11.5 Å². The lowest BCUT2D eigenvalue weighted by Gasteiger charge is -2.31. The molecule has 1 saturated heterocycles. The van der Waals surface area contributed by atoms with Crippen LogP contribution in [0.25, 0.3) is 0 Å². The molecule has 0 aromatic carbocycles. The van der Waals surface area contributed by atoms with E-state index in [1.54, 1.807) is 6.92 Å². The number of aromatic nitrogens is 2. The van der Waals surface area contributed by atoms with Crippen LogP contribution in [0.5, 0.6) is 0 Å². The SMILES string of the molecule is Cc1nc(C)c(CCC(=O)N2CCCCC[C@@H]2CC(C)C)c(=O)[nH]1. The highest BCUT2D eigenvalue weighted by molar-refractivity contribution is 5.76. The summed E-state index contributed by atoms with van der Waals surface area (Å²) in [6, 6.07) is 0.357. The average Bonchev–Trinajstić information content (AvgIpc) is 2.70. The Hall–Kier alpha value is -1.65. The Morgan fingerprint density at radius 2 is 2.04 bits per heavy atom. The molecule has 1 fully saturated rings. The molecule has 1 aromatic rings. The van der Waals surface area contributed by atoms with Crippen molar-refractivity contribution in [1.29, 1.82) is 0 Å². The molecule has 1 aliphatic rings. The molecule has 2 heterocycles. The lowest BCUT2D eigenvalue weighted by Crippen LogP contribution is -2.41. The number of nitrogens with zero attached hydrogens (tertiary/aromatic N) is 2. The third kappa shape index (κ3) is 4.92. The normalized spacial score (nSPS) is 18.7. The first-order chi connectivity index (χ1) is 11.4. The molecule has 1 aliphatic heterocycles. The van der Waals surface area contributed by atoms with Gasteiger partial charge in [0.25, 0.3) is 5.56 Å². The maximum absolute atomic E-state index is 12.8. The van der Waals surface area contributed by atoms with Crippen molar-refractivity contribution >= 4 is 5.91 Å². The zero-order chi connectivity index (χ0) is 17.7. The summed E-state index contributed by atoms with van der Waals surface area (Å²) in [5, 5.41) is 0. The summed E-state index contributed by atoms with van der Waals surface area (Å²) >= 11 is 0. The standard InChI is InChI=1S/C19H31N3O2/c1-13(2)12-16-8-6-5-7-11-22(16)18(23)10-9-17-14(3)20-15(4)21-19(17)24/h13,16H,5-12H2,1-4H3,(H,20,21,24)/t16-/m1/s1. The lowest BCUT2D eigenvalue weighted by atomic mass is 9.98. The number of likely N-dealkylation sites (tertiary alicyclic amines) is 1. The van der Waals surface area contributed by atoms with E-state index in [0.717, 1.165) is 31.5 Å². The first-order valence-corrected chi connectivity index (χ1v) is 9.24. The second-order valence-electron chi connectivity index (χ2n) is 7.44. The fourth-order valence-corrected chi connectivity index (χ4v) is 3.72. The number of H-pyrrole nitrogens is 1. The molecule has 1 N–H and O–H groups in total. The largest absolute Gasteiger partial charge is 0.340 e. The third-order valence-corrected chi connectivity index (χ3v) is 4.87. The first kappa shape index (κ1) is 18.7. The van der Waals surface area contributed by atoms with Crippen LogP contribution in [0.3, 0.4) is 0 Å². The number of aryl methyl sites for hydroxylation is 2. The van der Waals surface area contributed by atoms with Crippen LogP contribution in [0.1, 0.15) is 69.5 Å². The van der Waals surface area contributed by atoms with Crippen LogP contribution in [-0.2, 0) is 11.2 Å². The number of hydrogen-bond acceptors (Lipinski definition) is 3. The molecule has 0 saturated carbocycles. The molecule has 0 spiro atoms. The number of hydrogen-bond donors (Lipinski definition) is 1. The molecule has 0 aliphatic carbocycles. The van der Waals surface area contributed by atoms with Crippen LogP contribution in [0.4, 0.5) is 0 Å². The van der Waals surface area contributed by atoms with Crippen molar-refractivity contribution in [1.82, 2.24) is 14.9 Å². The van der Waals surface area contributed by atoms with Gasteiger partial charge in [0.1, 0.15) is 5.82 Å². The van der Waals surface area contributed by atoms with Gasteiger partial charge in [-0.3, -0.25) is 9.59 Å². The molecular formula is C19H31N3O2. The molecule has 5 heteroatoms. The van der Waals surface area contributed by atoms with E-state index >= 15 is 0 Å². The van der Waals surface area contributed by atoms with Gasteiger partial charge < -0.3 is 9.88 Å². The number of amides is 1.